The molecule has 4 rings (SSSR count). The second-order valence-corrected chi connectivity index (χ2v) is 6.96. The van der Waals surface area contributed by atoms with Crippen molar-refractivity contribution in [3.05, 3.63) is 47.8 Å². The molecule has 2 fully saturated rings. The summed E-state index contributed by atoms with van der Waals surface area (Å²) in [5.74, 6) is -1.02. The minimum Gasteiger partial charge on any atom is -0.338 e. The molecule has 0 aromatic heterocycles. The Kier molecular flexibility index (Phi) is 3.90. The van der Waals surface area contributed by atoms with E-state index in [0.29, 0.717) is 25.9 Å². The van der Waals surface area contributed by atoms with Gasteiger partial charge in [0.05, 0.1) is 24.3 Å². The Morgan fingerprint density at radius 3 is 2.12 bits per heavy atom. The molecule has 2 saturated heterocycles. The van der Waals surface area contributed by atoms with E-state index in [-0.39, 0.29) is 47.8 Å². The number of halogens is 1. The first kappa shape index (κ1) is 16.0. The number of fused-ring (bicyclic) bond motifs is 1. The third-order valence-electron chi connectivity index (χ3n) is 5.39. The molecule has 0 bridgehead atoms. The molecule has 0 radical (unpaired) electrons. The topological polar surface area (TPSA) is 57.7 Å². The van der Waals surface area contributed by atoms with Crippen molar-refractivity contribution in [3.63, 3.8) is 0 Å². The van der Waals surface area contributed by atoms with Crippen molar-refractivity contribution >= 4 is 17.7 Å². The summed E-state index contributed by atoms with van der Waals surface area (Å²) in [6.45, 7) is 0.786. The predicted molar refractivity (Wildman–Crippen MR) is 87.7 cm³/mol. The molecule has 0 unspecified atom stereocenters. The van der Waals surface area contributed by atoms with E-state index in [9.17, 15) is 18.8 Å². The third kappa shape index (κ3) is 2.75. The van der Waals surface area contributed by atoms with Gasteiger partial charge in [-0.1, -0.05) is 24.3 Å². The lowest BCUT2D eigenvalue weighted by Gasteiger charge is -2.43. The minimum atomic E-state index is -0.331. The van der Waals surface area contributed by atoms with Crippen LogP contribution in [-0.4, -0.2) is 46.7 Å². The predicted octanol–water partition coefficient (Wildman–Crippen LogP) is 1.53. The van der Waals surface area contributed by atoms with Gasteiger partial charge in [0.1, 0.15) is 5.82 Å². The summed E-state index contributed by atoms with van der Waals surface area (Å²) in [4.78, 5) is 40.4. The maximum absolute atomic E-state index is 12.9. The Morgan fingerprint density at radius 2 is 1.56 bits per heavy atom. The molecule has 1 aromatic carbocycles. The van der Waals surface area contributed by atoms with Crippen molar-refractivity contribution in [2.24, 2.45) is 11.8 Å². The highest BCUT2D eigenvalue weighted by atomic mass is 19.1. The zero-order valence-corrected chi connectivity index (χ0v) is 13.7. The van der Waals surface area contributed by atoms with Crippen LogP contribution in [0.25, 0.3) is 0 Å². The Labute approximate surface area is 145 Å². The molecule has 0 N–H and O–H groups in total. The van der Waals surface area contributed by atoms with Gasteiger partial charge in [0, 0.05) is 13.1 Å². The average Bonchev–Trinajstić information content (AvgIpc) is 2.81. The van der Waals surface area contributed by atoms with Crippen molar-refractivity contribution in [3.8, 4) is 0 Å². The van der Waals surface area contributed by atoms with Crippen LogP contribution in [0.2, 0.25) is 0 Å². The summed E-state index contributed by atoms with van der Waals surface area (Å²) in [5.41, 5.74) is 0.750. The first-order chi connectivity index (χ1) is 12.0. The fraction of sp³-hybridized carbons (Fsp3) is 0.421. The average molecular weight is 342 g/mol. The Bertz CT molecular complexity index is 726. The lowest BCUT2D eigenvalue weighted by atomic mass is 9.85. The molecule has 0 saturated carbocycles. The van der Waals surface area contributed by atoms with E-state index in [2.05, 4.69) is 0 Å². The molecule has 3 aliphatic rings. The van der Waals surface area contributed by atoms with Gasteiger partial charge in [0.15, 0.2) is 0 Å². The molecule has 3 amide bonds. The van der Waals surface area contributed by atoms with Crippen molar-refractivity contribution in [1.82, 2.24) is 9.80 Å². The molecule has 5 nitrogen and oxygen atoms in total. The third-order valence-corrected chi connectivity index (χ3v) is 5.39. The maximum atomic E-state index is 12.9. The highest BCUT2D eigenvalue weighted by Gasteiger charge is 2.52. The van der Waals surface area contributed by atoms with Crippen LogP contribution in [0, 0.1) is 17.7 Å². The lowest BCUT2D eigenvalue weighted by molar-refractivity contribution is -0.152. The number of carbonyl (C=O) groups excluding carboxylic acids is 3. The lowest BCUT2D eigenvalue weighted by Crippen LogP contribution is -2.62. The van der Waals surface area contributed by atoms with E-state index in [1.54, 1.807) is 17.0 Å². The van der Waals surface area contributed by atoms with Gasteiger partial charge in [-0.15, -0.1) is 0 Å². The van der Waals surface area contributed by atoms with E-state index < -0.39 is 0 Å². The van der Waals surface area contributed by atoms with Gasteiger partial charge in [-0.25, -0.2) is 4.39 Å². The molecular weight excluding hydrogens is 323 g/mol. The van der Waals surface area contributed by atoms with Gasteiger partial charge in [0.25, 0.3) is 0 Å². The number of carbonyl (C=O) groups is 3. The monoisotopic (exact) mass is 342 g/mol. The zero-order valence-electron chi connectivity index (χ0n) is 13.7. The van der Waals surface area contributed by atoms with E-state index >= 15 is 0 Å². The number of rotatable bonds is 3. The van der Waals surface area contributed by atoms with Gasteiger partial charge in [-0.2, -0.15) is 0 Å². The van der Waals surface area contributed by atoms with Crippen LogP contribution in [0.4, 0.5) is 4.39 Å². The number of hydrogen-bond acceptors (Lipinski definition) is 3. The van der Waals surface area contributed by atoms with Gasteiger partial charge in [0.2, 0.25) is 17.7 Å². The van der Waals surface area contributed by atoms with Crippen LogP contribution in [0.15, 0.2) is 36.4 Å². The first-order valence-corrected chi connectivity index (χ1v) is 8.58. The molecule has 130 valence electrons. The standard InChI is InChI=1S/C19H19FN2O3/c20-13-7-5-12(6-8-13)9-17(23)21-10-14(11-21)22-18(24)15-3-1-2-4-16(15)19(22)25/h1-2,5-8,14-16H,3-4,9-11H2/t15-,16+. The second kappa shape index (κ2) is 6.10. The summed E-state index contributed by atoms with van der Waals surface area (Å²) < 4.78 is 12.9. The van der Waals surface area contributed by atoms with Crippen molar-refractivity contribution in [2.75, 3.05) is 13.1 Å². The highest BCUT2D eigenvalue weighted by molar-refractivity contribution is 6.06. The second-order valence-electron chi connectivity index (χ2n) is 6.96. The molecule has 6 heteroatoms. The largest absolute Gasteiger partial charge is 0.338 e. The van der Waals surface area contributed by atoms with Crippen molar-refractivity contribution in [1.29, 1.82) is 0 Å². The normalized spacial score (nSPS) is 26.0. The molecule has 2 aliphatic heterocycles. The Balaban J connectivity index is 1.35. The number of benzene rings is 1. The number of nitrogens with zero attached hydrogens (tertiary/aromatic N) is 2. The molecule has 1 aliphatic carbocycles. The van der Waals surface area contributed by atoms with Gasteiger partial charge in [-0.05, 0) is 30.5 Å². The molecule has 2 atom stereocenters. The van der Waals surface area contributed by atoms with Crippen LogP contribution >= 0.6 is 0 Å². The van der Waals surface area contributed by atoms with E-state index in [0.717, 1.165) is 5.56 Å². The fourth-order valence-electron chi connectivity index (χ4n) is 3.90. The molecular formula is C19H19FN2O3. The minimum absolute atomic E-state index is 0.0685. The molecule has 1 aromatic rings. The van der Waals surface area contributed by atoms with Crippen LogP contribution < -0.4 is 0 Å². The SMILES string of the molecule is O=C(Cc1ccc(F)cc1)N1CC(N2C(=O)[C@H]3CC=CC[C@H]3C2=O)C1. The van der Waals surface area contributed by atoms with E-state index in [4.69, 9.17) is 0 Å². The van der Waals surface area contributed by atoms with Gasteiger partial charge in [-0.3, -0.25) is 19.3 Å². The van der Waals surface area contributed by atoms with E-state index in [1.807, 2.05) is 12.2 Å². The van der Waals surface area contributed by atoms with Crippen molar-refractivity contribution in [2.45, 2.75) is 25.3 Å². The summed E-state index contributed by atoms with van der Waals surface area (Å²) in [6, 6.07) is 5.64. The Morgan fingerprint density at radius 1 is 1.00 bits per heavy atom. The van der Waals surface area contributed by atoms with Gasteiger partial charge >= 0.3 is 0 Å². The number of allylic oxidation sites excluding steroid dienone is 2. The smallest absolute Gasteiger partial charge is 0.233 e. The van der Waals surface area contributed by atoms with Crippen LogP contribution in [-0.2, 0) is 20.8 Å². The number of imide groups is 1. The summed E-state index contributed by atoms with van der Waals surface area (Å²) >= 11 is 0. The van der Waals surface area contributed by atoms with Crippen LogP contribution in [0.3, 0.4) is 0 Å². The first-order valence-electron chi connectivity index (χ1n) is 8.58. The van der Waals surface area contributed by atoms with Crippen LogP contribution in [0.5, 0.6) is 0 Å². The summed E-state index contributed by atoms with van der Waals surface area (Å²) in [7, 11) is 0. The zero-order chi connectivity index (χ0) is 17.6. The molecule has 0 spiro atoms. The quantitative estimate of drug-likeness (QED) is 0.618. The molecule has 2 heterocycles. The summed E-state index contributed by atoms with van der Waals surface area (Å²) in [6.07, 6.45) is 5.39. The van der Waals surface area contributed by atoms with Crippen LogP contribution in [0.1, 0.15) is 18.4 Å². The highest BCUT2D eigenvalue weighted by Crippen LogP contribution is 2.37. The van der Waals surface area contributed by atoms with Crippen molar-refractivity contribution < 1.29 is 18.8 Å². The number of likely N-dealkylation sites (tertiary alicyclic amines) is 2. The molecule has 25 heavy (non-hydrogen) atoms. The fourth-order valence-corrected chi connectivity index (χ4v) is 3.90. The maximum Gasteiger partial charge on any atom is 0.233 e. The number of hydrogen-bond donors (Lipinski definition) is 0. The van der Waals surface area contributed by atoms with Gasteiger partial charge < -0.3 is 4.90 Å². The summed E-state index contributed by atoms with van der Waals surface area (Å²) in [5, 5.41) is 0. The number of amides is 3. The van der Waals surface area contributed by atoms with E-state index in [1.165, 1.54) is 17.0 Å². The Hall–Kier alpha value is -2.50.